The first kappa shape index (κ1) is 22.1. The molecule has 2 aliphatic rings. The molecule has 0 atom stereocenters. The number of ether oxygens (including phenoxy) is 2. The molecule has 1 heterocycles. The summed E-state index contributed by atoms with van der Waals surface area (Å²) in [5.41, 5.74) is -0.0185. The Kier molecular flexibility index (Phi) is 6.65. The molecule has 1 amide bonds. The van der Waals surface area contributed by atoms with Crippen LogP contribution in [0, 0.1) is 11.2 Å². The van der Waals surface area contributed by atoms with E-state index in [9.17, 15) is 18.8 Å². The van der Waals surface area contributed by atoms with Crippen LogP contribution < -0.4 is 4.74 Å². The van der Waals surface area contributed by atoms with Gasteiger partial charge in [-0.3, -0.25) is 14.4 Å². The Morgan fingerprint density at radius 2 is 1.47 bits per heavy atom. The van der Waals surface area contributed by atoms with Crippen molar-refractivity contribution in [1.82, 2.24) is 4.90 Å². The van der Waals surface area contributed by atoms with Crippen molar-refractivity contribution in [3.63, 3.8) is 0 Å². The Morgan fingerprint density at radius 1 is 0.906 bits per heavy atom. The first-order valence-electron chi connectivity index (χ1n) is 10.9. The summed E-state index contributed by atoms with van der Waals surface area (Å²) in [6.07, 6.45) is 3.17. The number of carbonyl (C=O) groups is 3. The molecule has 1 aliphatic carbocycles. The Hall–Kier alpha value is -3.06. The molecule has 2 aromatic carbocycles. The SMILES string of the molecule is O=C(c1ccc(F)cc1)c1ccc(OC(=O)C2(CC(=O)N3CCOCC3)CCCC2)cc1. The quantitative estimate of drug-likeness (QED) is 0.389. The molecule has 1 aliphatic heterocycles. The van der Waals surface area contributed by atoms with E-state index in [0.29, 0.717) is 56.0 Å². The van der Waals surface area contributed by atoms with E-state index < -0.39 is 17.2 Å². The van der Waals surface area contributed by atoms with Gasteiger partial charge in [0.2, 0.25) is 5.91 Å². The van der Waals surface area contributed by atoms with E-state index in [1.807, 2.05) is 0 Å². The van der Waals surface area contributed by atoms with Gasteiger partial charge in [0.15, 0.2) is 5.78 Å². The molecule has 2 aromatic rings. The standard InChI is InChI=1S/C25H26FNO5/c26-20-7-3-18(4-8-20)23(29)19-5-9-21(10-6-19)32-24(30)25(11-1-2-12-25)17-22(28)27-13-15-31-16-14-27/h3-10H,1-2,11-17H2. The minimum atomic E-state index is -0.808. The van der Waals surface area contributed by atoms with Gasteiger partial charge < -0.3 is 14.4 Å². The number of ketones is 1. The first-order valence-corrected chi connectivity index (χ1v) is 10.9. The highest BCUT2D eigenvalue weighted by Crippen LogP contribution is 2.43. The lowest BCUT2D eigenvalue weighted by Gasteiger charge is -2.31. The second-order valence-electron chi connectivity index (χ2n) is 8.41. The molecular formula is C25H26FNO5. The van der Waals surface area contributed by atoms with Crippen molar-refractivity contribution < 1.29 is 28.2 Å². The van der Waals surface area contributed by atoms with Gasteiger partial charge in [-0.2, -0.15) is 0 Å². The lowest BCUT2D eigenvalue weighted by atomic mass is 9.82. The molecule has 4 rings (SSSR count). The Balaban J connectivity index is 1.42. The molecule has 2 fully saturated rings. The molecule has 7 heteroatoms. The highest BCUT2D eigenvalue weighted by atomic mass is 19.1. The number of rotatable bonds is 6. The summed E-state index contributed by atoms with van der Waals surface area (Å²) in [5.74, 6) is -0.750. The van der Waals surface area contributed by atoms with E-state index >= 15 is 0 Å². The van der Waals surface area contributed by atoms with Crippen LogP contribution in [0.15, 0.2) is 48.5 Å². The van der Waals surface area contributed by atoms with E-state index in [0.717, 1.165) is 12.8 Å². The molecule has 0 bridgehead atoms. The fraction of sp³-hybridized carbons (Fsp3) is 0.400. The molecule has 0 aromatic heterocycles. The van der Waals surface area contributed by atoms with Crippen LogP contribution in [-0.4, -0.2) is 48.9 Å². The van der Waals surface area contributed by atoms with Crippen molar-refractivity contribution in [2.45, 2.75) is 32.1 Å². The summed E-state index contributed by atoms with van der Waals surface area (Å²) in [6.45, 7) is 2.14. The summed E-state index contributed by atoms with van der Waals surface area (Å²) in [5, 5.41) is 0. The Bertz CT molecular complexity index is 974. The number of esters is 1. The minimum absolute atomic E-state index is 0.0348. The van der Waals surface area contributed by atoms with E-state index in [1.165, 1.54) is 24.3 Å². The molecule has 0 unspecified atom stereocenters. The molecule has 0 radical (unpaired) electrons. The van der Waals surface area contributed by atoms with Crippen LogP contribution in [0.1, 0.15) is 48.0 Å². The van der Waals surface area contributed by atoms with Crippen LogP contribution in [-0.2, 0) is 14.3 Å². The van der Waals surface area contributed by atoms with Gasteiger partial charge >= 0.3 is 5.97 Å². The minimum Gasteiger partial charge on any atom is -0.426 e. The number of morpholine rings is 1. The smallest absolute Gasteiger partial charge is 0.317 e. The maximum atomic E-state index is 13.1. The Labute approximate surface area is 186 Å². The van der Waals surface area contributed by atoms with Crippen molar-refractivity contribution in [1.29, 1.82) is 0 Å². The highest BCUT2D eigenvalue weighted by molar-refractivity contribution is 6.09. The fourth-order valence-corrected chi connectivity index (χ4v) is 4.38. The zero-order valence-corrected chi connectivity index (χ0v) is 17.8. The number of nitrogens with zero attached hydrogens (tertiary/aromatic N) is 1. The third-order valence-electron chi connectivity index (χ3n) is 6.28. The molecular weight excluding hydrogens is 413 g/mol. The number of benzene rings is 2. The fourth-order valence-electron chi connectivity index (χ4n) is 4.38. The molecule has 32 heavy (non-hydrogen) atoms. The highest BCUT2D eigenvalue weighted by Gasteiger charge is 2.45. The molecule has 0 spiro atoms. The first-order chi connectivity index (χ1) is 15.5. The molecule has 6 nitrogen and oxygen atoms in total. The van der Waals surface area contributed by atoms with Crippen molar-refractivity contribution in [3.8, 4) is 5.75 Å². The second-order valence-corrected chi connectivity index (χ2v) is 8.41. The van der Waals surface area contributed by atoms with Gasteiger partial charge in [-0.05, 0) is 61.4 Å². The van der Waals surface area contributed by atoms with Crippen LogP contribution in [0.5, 0.6) is 5.75 Å². The maximum absolute atomic E-state index is 13.1. The predicted molar refractivity (Wildman–Crippen MR) is 115 cm³/mol. The summed E-state index contributed by atoms with van der Waals surface area (Å²) >= 11 is 0. The van der Waals surface area contributed by atoms with Crippen LogP contribution in [0.3, 0.4) is 0 Å². The molecule has 1 saturated carbocycles. The third kappa shape index (κ3) is 4.88. The summed E-state index contributed by atoms with van der Waals surface area (Å²) in [7, 11) is 0. The van der Waals surface area contributed by atoms with Gasteiger partial charge in [-0.1, -0.05) is 12.8 Å². The van der Waals surface area contributed by atoms with Gasteiger partial charge in [0.05, 0.1) is 18.6 Å². The molecule has 0 N–H and O–H groups in total. The van der Waals surface area contributed by atoms with Crippen LogP contribution >= 0.6 is 0 Å². The van der Waals surface area contributed by atoms with E-state index in [2.05, 4.69) is 0 Å². The monoisotopic (exact) mass is 439 g/mol. The van der Waals surface area contributed by atoms with Gasteiger partial charge in [-0.15, -0.1) is 0 Å². The largest absolute Gasteiger partial charge is 0.426 e. The average molecular weight is 439 g/mol. The zero-order chi connectivity index (χ0) is 22.6. The predicted octanol–water partition coefficient (Wildman–Crippen LogP) is 3.77. The number of amides is 1. The van der Waals surface area contributed by atoms with Crippen LogP contribution in [0.4, 0.5) is 4.39 Å². The van der Waals surface area contributed by atoms with Crippen molar-refractivity contribution in [3.05, 3.63) is 65.5 Å². The maximum Gasteiger partial charge on any atom is 0.317 e. The van der Waals surface area contributed by atoms with Crippen LogP contribution in [0.25, 0.3) is 0 Å². The third-order valence-corrected chi connectivity index (χ3v) is 6.28. The average Bonchev–Trinajstić information content (AvgIpc) is 3.30. The lowest BCUT2D eigenvalue weighted by molar-refractivity contribution is -0.152. The topological polar surface area (TPSA) is 72.9 Å². The van der Waals surface area contributed by atoms with Crippen molar-refractivity contribution in [2.75, 3.05) is 26.3 Å². The molecule has 168 valence electrons. The number of hydrogen-bond acceptors (Lipinski definition) is 5. The van der Waals surface area contributed by atoms with Gasteiger partial charge in [0.1, 0.15) is 11.6 Å². The number of halogens is 1. The van der Waals surface area contributed by atoms with Gasteiger partial charge in [0, 0.05) is 30.6 Å². The van der Waals surface area contributed by atoms with E-state index in [4.69, 9.17) is 9.47 Å². The van der Waals surface area contributed by atoms with E-state index in [1.54, 1.807) is 29.2 Å². The Morgan fingerprint density at radius 3 is 2.06 bits per heavy atom. The second kappa shape index (κ2) is 9.61. The summed E-state index contributed by atoms with van der Waals surface area (Å²) in [4.78, 5) is 40.2. The van der Waals surface area contributed by atoms with Crippen molar-refractivity contribution in [2.24, 2.45) is 5.41 Å². The number of carbonyl (C=O) groups excluding carboxylic acids is 3. The van der Waals surface area contributed by atoms with Gasteiger partial charge in [0.25, 0.3) is 0 Å². The summed E-state index contributed by atoms with van der Waals surface area (Å²) in [6, 6.07) is 11.6. The zero-order valence-electron chi connectivity index (χ0n) is 17.8. The van der Waals surface area contributed by atoms with Gasteiger partial charge in [-0.25, -0.2) is 4.39 Å². The normalized spacial score (nSPS) is 17.7. The van der Waals surface area contributed by atoms with Crippen LogP contribution in [0.2, 0.25) is 0 Å². The lowest BCUT2D eigenvalue weighted by Crippen LogP contribution is -2.44. The van der Waals surface area contributed by atoms with Crippen molar-refractivity contribution >= 4 is 17.7 Å². The summed E-state index contributed by atoms with van der Waals surface area (Å²) < 4.78 is 24.0. The van der Waals surface area contributed by atoms with E-state index in [-0.39, 0.29) is 18.1 Å². The number of hydrogen-bond donors (Lipinski definition) is 0. The molecule has 1 saturated heterocycles.